The molecule has 8 heteroatoms. The van der Waals surface area contributed by atoms with Gasteiger partial charge in [0.15, 0.2) is 5.78 Å². The van der Waals surface area contributed by atoms with Crippen LogP contribution in [0.15, 0.2) is 60.7 Å². The van der Waals surface area contributed by atoms with Crippen LogP contribution in [0, 0.1) is 0 Å². The van der Waals surface area contributed by atoms with Gasteiger partial charge in [0.05, 0.1) is 15.8 Å². The summed E-state index contributed by atoms with van der Waals surface area (Å²) in [5.74, 6) is 0.0830. The molecule has 0 atom stereocenters. The van der Waals surface area contributed by atoms with E-state index in [1.807, 2.05) is 6.92 Å². The second-order valence-corrected chi connectivity index (χ2v) is 8.28. The Morgan fingerprint density at radius 2 is 1.52 bits per heavy atom. The Kier molecular flexibility index (Phi) is 7.81. The minimum Gasteiger partial charge on any atom is -0.494 e. The van der Waals surface area contributed by atoms with Gasteiger partial charge in [0.2, 0.25) is 5.91 Å². The van der Waals surface area contributed by atoms with Crippen molar-refractivity contribution in [3.05, 3.63) is 75.4 Å². The zero-order chi connectivity index (χ0) is 22.2. The first-order valence-electron chi connectivity index (χ1n) is 9.67. The van der Waals surface area contributed by atoms with Gasteiger partial charge in [0.1, 0.15) is 5.75 Å². The highest BCUT2D eigenvalue weighted by Gasteiger charge is 2.12. The second kappa shape index (κ2) is 10.7. The molecule has 0 radical (unpaired) electrons. The molecular weight excluding hydrogens is 436 g/mol. The molecule has 0 unspecified atom stereocenters. The molecule has 1 heterocycles. The van der Waals surface area contributed by atoms with Crippen LogP contribution >= 0.6 is 22.9 Å². The maximum absolute atomic E-state index is 12.4. The second-order valence-electron chi connectivity index (χ2n) is 6.56. The summed E-state index contributed by atoms with van der Waals surface area (Å²) in [5, 5.41) is 5.54. The van der Waals surface area contributed by atoms with Crippen molar-refractivity contribution in [2.45, 2.75) is 19.8 Å². The zero-order valence-corrected chi connectivity index (χ0v) is 18.4. The molecular formula is C23H21ClN2O4S. The summed E-state index contributed by atoms with van der Waals surface area (Å²) >= 11 is 7.03. The van der Waals surface area contributed by atoms with E-state index in [1.54, 1.807) is 60.7 Å². The Labute approximate surface area is 189 Å². The predicted molar refractivity (Wildman–Crippen MR) is 124 cm³/mol. The molecule has 2 aromatic carbocycles. The van der Waals surface area contributed by atoms with E-state index in [0.717, 1.165) is 5.75 Å². The summed E-state index contributed by atoms with van der Waals surface area (Å²) < 4.78 is 5.92. The number of benzene rings is 2. The Morgan fingerprint density at radius 3 is 2.13 bits per heavy atom. The number of hydrogen-bond donors (Lipinski definition) is 2. The van der Waals surface area contributed by atoms with Crippen LogP contribution in [-0.4, -0.2) is 24.2 Å². The monoisotopic (exact) mass is 456 g/mol. The SMILES string of the molecule is CCOc1ccc(NC(=O)c2ccc(NC(=O)CCC(=O)c3ccc(Cl)s3)cc2)cc1. The first-order chi connectivity index (χ1) is 14.9. The Bertz CT molecular complexity index is 1060. The summed E-state index contributed by atoms with van der Waals surface area (Å²) in [6.07, 6.45) is 0.166. The van der Waals surface area contributed by atoms with E-state index in [-0.39, 0.29) is 30.4 Å². The Hall–Kier alpha value is -3.16. The maximum Gasteiger partial charge on any atom is 0.255 e. The van der Waals surface area contributed by atoms with E-state index < -0.39 is 0 Å². The van der Waals surface area contributed by atoms with Crippen LogP contribution < -0.4 is 15.4 Å². The fraction of sp³-hybridized carbons (Fsp3) is 0.174. The van der Waals surface area contributed by atoms with Gasteiger partial charge in [-0.2, -0.15) is 0 Å². The largest absolute Gasteiger partial charge is 0.494 e. The molecule has 0 aliphatic carbocycles. The molecule has 6 nitrogen and oxygen atoms in total. The van der Waals surface area contributed by atoms with E-state index in [1.165, 1.54) is 11.3 Å². The number of ether oxygens (including phenoxy) is 1. The van der Waals surface area contributed by atoms with Crippen LogP contribution in [0.25, 0.3) is 0 Å². The van der Waals surface area contributed by atoms with Crippen LogP contribution in [0.3, 0.4) is 0 Å². The molecule has 1 aromatic heterocycles. The highest BCUT2D eigenvalue weighted by Crippen LogP contribution is 2.23. The van der Waals surface area contributed by atoms with Gasteiger partial charge in [-0.15, -0.1) is 11.3 Å². The van der Waals surface area contributed by atoms with Gasteiger partial charge in [-0.25, -0.2) is 0 Å². The average Bonchev–Trinajstić information content (AvgIpc) is 3.20. The van der Waals surface area contributed by atoms with E-state index in [9.17, 15) is 14.4 Å². The third kappa shape index (κ3) is 6.67. The van der Waals surface area contributed by atoms with Crippen molar-refractivity contribution in [1.82, 2.24) is 0 Å². The third-order valence-corrected chi connectivity index (χ3v) is 5.55. The molecule has 2 amide bonds. The summed E-state index contributed by atoms with van der Waals surface area (Å²) in [4.78, 5) is 37.1. The van der Waals surface area contributed by atoms with Crippen molar-refractivity contribution in [3.63, 3.8) is 0 Å². The van der Waals surface area contributed by atoms with E-state index in [0.29, 0.717) is 32.8 Å². The van der Waals surface area contributed by atoms with Crippen LogP contribution in [0.4, 0.5) is 11.4 Å². The minimum atomic E-state index is -0.275. The topological polar surface area (TPSA) is 84.5 Å². The lowest BCUT2D eigenvalue weighted by Crippen LogP contribution is -2.14. The normalized spacial score (nSPS) is 10.4. The molecule has 0 bridgehead atoms. The van der Waals surface area contributed by atoms with Crippen LogP contribution in [0.1, 0.15) is 39.8 Å². The summed E-state index contributed by atoms with van der Waals surface area (Å²) in [7, 11) is 0. The molecule has 2 N–H and O–H groups in total. The number of thiophene rings is 1. The summed E-state index contributed by atoms with van der Waals surface area (Å²) in [5.41, 5.74) is 1.66. The van der Waals surface area contributed by atoms with E-state index in [4.69, 9.17) is 16.3 Å². The van der Waals surface area contributed by atoms with Gasteiger partial charge < -0.3 is 15.4 Å². The van der Waals surface area contributed by atoms with Crippen LogP contribution in [-0.2, 0) is 4.79 Å². The Balaban J connectivity index is 1.49. The lowest BCUT2D eigenvalue weighted by atomic mass is 10.1. The smallest absolute Gasteiger partial charge is 0.255 e. The van der Waals surface area contributed by atoms with Gasteiger partial charge in [-0.1, -0.05) is 11.6 Å². The lowest BCUT2D eigenvalue weighted by Gasteiger charge is -2.08. The fourth-order valence-corrected chi connectivity index (χ4v) is 3.76. The van der Waals surface area contributed by atoms with Crippen molar-refractivity contribution in [1.29, 1.82) is 0 Å². The number of carbonyl (C=O) groups excluding carboxylic acids is 3. The number of halogens is 1. The molecule has 0 saturated heterocycles. The fourth-order valence-electron chi connectivity index (χ4n) is 2.75. The number of rotatable bonds is 9. The maximum atomic E-state index is 12.4. The number of anilines is 2. The standard InChI is InChI=1S/C23H21ClN2O4S/c1-2-30-18-9-7-17(8-10-18)26-23(29)15-3-5-16(6-4-15)25-22(28)14-11-19(27)20-12-13-21(24)31-20/h3-10,12-13H,2,11,14H2,1H3,(H,25,28)(H,26,29). The van der Waals surface area contributed by atoms with E-state index >= 15 is 0 Å². The predicted octanol–water partition coefficient (Wildman–Crippen LogP) is 5.65. The lowest BCUT2D eigenvalue weighted by molar-refractivity contribution is -0.116. The minimum absolute atomic E-state index is 0.0638. The van der Waals surface area contributed by atoms with Gasteiger partial charge in [-0.3, -0.25) is 14.4 Å². The number of hydrogen-bond acceptors (Lipinski definition) is 5. The highest BCUT2D eigenvalue weighted by atomic mass is 35.5. The van der Waals surface area contributed by atoms with Crippen molar-refractivity contribution in [2.24, 2.45) is 0 Å². The van der Waals surface area contributed by atoms with E-state index in [2.05, 4.69) is 10.6 Å². The molecule has 3 aromatic rings. The van der Waals surface area contributed by atoms with Crippen molar-refractivity contribution < 1.29 is 19.1 Å². The zero-order valence-electron chi connectivity index (χ0n) is 16.8. The molecule has 0 aliphatic rings. The molecule has 31 heavy (non-hydrogen) atoms. The average molecular weight is 457 g/mol. The number of nitrogens with one attached hydrogen (secondary N) is 2. The molecule has 3 rings (SSSR count). The first-order valence-corrected chi connectivity index (χ1v) is 10.9. The third-order valence-electron chi connectivity index (χ3n) is 4.28. The van der Waals surface area contributed by atoms with Crippen molar-refractivity contribution >= 4 is 51.9 Å². The van der Waals surface area contributed by atoms with Gasteiger partial charge >= 0.3 is 0 Å². The molecule has 0 aliphatic heterocycles. The molecule has 0 saturated carbocycles. The Morgan fingerprint density at radius 1 is 0.871 bits per heavy atom. The van der Waals surface area contributed by atoms with Gasteiger partial charge in [0.25, 0.3) is 5.91 Å². The van der Waals surface area contributed by atoms with Crippen molar-refractivity contribution in [2.75, 3.05) is 17.2 Å². The van der Waals surface area contributed by atoms with Crippen LogP contribution in [0.2, 0.25) is 4.34 Å². The number of amides is 2. The number of carbonyl (C=O) groups is 3. The molecule has 0 spiro atoms. The summed E-state index contributed by atoms with van der Waals surface area (Å²) in [6, 6.07) is 17.0. The van der Waals surface area contributed by atoms with Crippen molar-refractivity contribution in [3.8, 4) is 5.75 Å². The van der Waals surface area contributed by atoms with Gasteiger partial charge in [0, 0.05) is 29.8 Å². The molecule has 160 valence electrons. The quantitative estimate of drug-likeness (QED) is 0.407. The van der Waals surface area contributed by atoms with Crippen LogP contribution in [0.5, 0.6) is 5.75 Å². The highest BCUT2D eigenvalue weighted by molar-refractivity contribution is 7.18. The first kappa shape index (κ1) is 22.5. The van der Waals surface area contributed by atoms with Gasteiger partial charge in [-0.05, 0) is 67.6 Å². The molecule has 0 fully saturated rings. The summed E-state index contributed by atoms with van der Waals surface area (Å²) in [6.45, 7) is 2.48. The number of Topliss-reactive ketones (excluding diaryl/α,β-unsaturated/α-hetero) is 1. The number of ketones is 1.